The molecule has 2 N–H and O–H groups in total. The second-order valence-corrected chi connectivity index (χ2v) is 6.03. The quantitative estimate of drug-likeness (QED) is 0.866. The van der Waals surface area contributed by atoms with E-state index in [-0.39, 0.29) is 5.56 Å². The molecule has 6 heteroatoms. The maximum absolute atomic E-state index is 11.0. The van der Waals surface area contributed by atoms with Crippen molar-refractivity contribution in [2.24, 2.45) is 0 Å². The van der Waals surface area contributed by atoms with Crippen molar-refractivity contribution in [2.45, 2.75) is 25.3 Å². The van der Waals surface area contributed by atoms with Crippen LogP contribution in [0.25, 0.3) is 0 Å². The van der Waals surface area contributed by atoms with E-state index in [1.54, 1.807) is 12.1 Å². The molecule has 0 spiro atoms. The zero-order valence-corrected chi connectivity index (χ0v) is 12.8. The monoisotopic (exact) mass is 347 g/mol. The maximum Gasteiger partial charge on any atom is 0.335 e. The Bertz CT molecular complexity index is 669. The standard InChI is InChI=1S/C15H14BrN3O2/c16-12-3-11(15(20)21)4-13(5-12)17-6-9-7-18-14(19-8-9)10-1-2-10/h3-5,7-8,10,17H,1-2,6H2,(H,20,21). The van der Waals surface area contributed by atoms with Crippen molar-refractivity contribution in [3.63, 3.8) is 0 Å². The highest BCUT2D eigenvalue weighted by molar-refractivity contribution is 9.10. The summed E-state index contributed by atoms with van der Waals surface area (Å²) < 4.78 is 0.727. The van der Waals surface area contributed by atoms with Crippen LogP contribution in [0.5, 0.6) is 0 Å². The van der Waals surface area contributed by atoms with Crippen LogP contribution < -0.4 is 5.32 Å². The molecular formula is C15H14BrN3O2. The molecule has 1 aliphatic rings. The lowest BCUT2D eigenvalue weighted by Crippen LogP contribution is -2.04. The number of anilines is 1. The highest BCUT2D eigenvalue weighted by atomic mass is 79.9. The molecule has 0 amide bonds. The van der Waals surface area contributed by atoms with Gasteiger partial charge in [-0.3, -0.25) is 0 Å². The number of aromatic nitrogens is 2. The predicted octanol–water partition coefficient (Wildman–Crippen LogP) is 3.43. The van der Waals surface area contributed by atoms with Crippen molar-refractivity contribution in [3.8, 4) is 0 Å². The van der Waals surface area contributed by atoms with Gasteiger partial charge in [0.05, 0.1) is 5.56 Å². The third-order valence-electron chi connectivity index (χ3n) is 3.31. The van der Waals surface area contributed by atoms with Crippen molar-refractivity contribution in [1.29, 1.82) is 0 Å². The van der Waals surface area contributed by atoms with E-state index in [4.69, 9.17) is 5.11 Å². The summed E-state index contributed by atoms with van der Waals surface area (Å²) in [5, 5.41) is 12.2. The fraction of sp³-hybridized carbons (Fsp3) is 0.267. The Morgan fingerprint density at radius 2 is 2.00 bits per heavy atom. The summed E-state index contributed by atoms with van der Waals surface area (Å²) in [6, 6.07) is 5.01. The molecule has 1 heterocycles. The number of halogens is 1. The minimum atomic E-state index is -0.948. The van der Waals surface area contributed by atoms with E-state index < -0.39 is 5.97 Å². The highest BCUT2D eigenvalue weighted by Gasteiger charge is 2.25. The summed E-state index contributed by atoms with van der Waals surface area (Å²) in [5.74, 6) is 0.529. The first kappa shape index (κ1) is 14.0. The van der Waals surface area contributed by atoms with E-state index in [0.717, 1.165) is 21.5 Å². The van der Waals surface area contributed by atoms with Crippen LogP contribution in [0, 0.1) is 0 Å². The Morgan fingerprint density at radius 3 is 2.62 bits per heavy atom. The molecule has 0 bridgehead atoms. The zero-order chi connectivity index (χ0) is 14.8. The van der Waals surface area contributed by atoms with Crippen LogP contribution in [-0.2, 0) is 6.54 Å². The van der Waals surface area contributed by atoms with E-state index in [1.807, 2.05) is 18.5 Å². The van der Waals surface area contributed by atoms with Crippen molar-refractivity contribution in [1.82, 2.24) is 9.97 Å². The third-order valence-corrected chi connectivity index (χ3v) is 3.77. The molecule has 0 atom stereocenters. The Labute approximate surface area is 130 Å². The van der Waals surface area contributed by atoms with Gasteiger partial charge in [0, 0.05) is 40.6 Å². The van der Waals surface area contributed by atoms with Gasteiger partial charge >= 0.3 is 5.97 Å². The van der Waals surface area contributed by atoms with E-state index in [2.05, 4.69) is 31.2 Å². The maximum atomic E-state index is 11.0. The van der Waals surface area contributed by atoms with Crippen LogP contribution in [0.4, 0.5) is 5.69 Å². The van der Waals surface area contributed by atoms with Crippen LogP contribution in [0.3, 0.4) is 0 Å². The van der Waals surface area contributed by atoms with Crippen molar-refractivity contribution in [2.75, 3.05) is 5.32 Å². The number of hydrogen-bond acceptors (Lipinski definition) is 4. The van der Waals surface area contributed by atoms with Gasteiger partial charge in [-0.2, -0.15) is 0 Å². The Morgan fingerprint density at radius 1 is 1.29 bits per heavy atom. The molecule has 21 heavy (non-hydrogen) atoms. The van der Waals surface area contributed by atoms with E-state index in [0.29, 0.717) is 12.5 Å². The SMILES string of the molecule is O=C(O)c1cc(Br)cc(NCc2cnc(C3CC3)nc2)c1. The fourth-order valence-corrected chi connectivity index (χ4v) is 2.52. The fourth-order valence-electron chi connectivity index (χ4n) is 2.03. The number of benzene rings is 1. The van der Waals surface area contributed by atoms with Gasteiger partial charge in [-0.15, -0.1) is 0 Å². The summed E-state index contributed by atoms with van der Waals surface area (Å²) in [7, 11) is 0. The van der Waals surface area contributed by atoms with Gasteiger partial charge in [-0.1, -0.05) is 15.9 Å². The van der Waals surface area contributed by atoms with Gasteiger partial charge in [0.25, 0.3) is 0 Å². The third kappa shape index (κ3) is 3.58. The summed E-state index contributed by atoms with van der Waals surface area (Å²) in [6.07, 6.45) is 6.02. The Kier molecular flexibility index (Phi) is 3.88. The number of nitrogens with one attached hydrogen (secondary N) is 1. The molecule has 0 unspecified atom stereocenters. The van der Waals surface area contributed by atoms with E-state index in [1.165, 1.54) is 12.8 Å². The zero-order valence-electron chi connectivity index (χ0n) is 11.2. The van der Waals surface area contributed by atoms with Gasteiger partial charge in [0.1, 0.15) is 5.82 Å². The first-order valence-electron chi connectivity index (χ1n) is 6.70. The number of carboxylic acid groups (broad SMARTS) is 1. The highest BCUT2D eigenvalue weighted by Crippen LogP contribution is 2.37. The molecule has 1 aromatic heterocycles. The molecular weight excluding hydrogens is 334 g/mol. The van der Waals surface area contributed by atoms with Crippen molar-refractivity contribution >= 4 is 27.6 Å². The molecule has 2 aromatic rings. The average Bonchev–Trinajstić information content (AvgIpc) is 3.30. The van der Waals surface area contributed by atoms with E-state index in [9.17, 15) is 4.79 Å². The minimum absolute atomic E-state index is 0.243. The van der Waals surface area contributed by atoms with Crippen LogP contribution in [0.1, 0.15) is 40.5 Å². The molecule has 1 saturated carbocycles. The topological polar surface area (TPSA) is 75.1 Å². The van der Waals surface area contributed by atoms with Gasteiger partial charge in [0.15, 0.2) is 0 Å². The Hall–Kier alpha value is -1.95. The van der Waals surface area contributed by atoms with Gasteiger partial charge in [-0.05, 0) is 31.0 Å². The molecule has 1 fully saturated rings. The van der Waals surface area contributed by atoms with E-state index >= 15 is 0 Å². The number of hydrogen-bond donors (Lipinski definition) is 2. The van der Waals surface area contributed by atoms with Crippen molar-refractivity contribution in [3.05, 3.63) is 52.0 Å². The molecule has 1 aliphatic carbocycles. The largest absolute Gasteiger partial charge is 0.478 e. The summed E-state index contributed by atoms with van der Waals surface area (Å²) in [4.78, 5) is 19.7. The average molecular weight is 348 g/mol. The lowest BCUT2D eigenvalue weighted by atomic mass is 10.2. The first-order chi connectivity index (χ1) is 10.1. The van der Waals surface area contributed by atoms with Gasteiger partial charge in [-0.25, -0.2) is 14.8 Å². The minimum Gasteiger partial charge on any atom is -0.478 e. The van der Waals surface area contributed by atoms with Crippen molar-refractivity contribution < 1.29 is 9.90 Å². The molecule has 0 radical (unpaired) electrons. The summed E-state index contributed by atoms with van der Waals surface area (Å²) in [5.41, 5.74) is 1.96. The lowest BCUT2D eigenvalue weighted by molar-refractivity contribution is 0.0697. The van der Waals surface area contributed by atoms with Crippen LogP contribution in [0.15, 0.2) is 35.1 Å². The molecule has 0 saturated heterocycles. The first-order valence-corrected chi connectivity index (χ1v) is 7.50. The molecule has 1 aromatic carbocycles. The Balaban J connectivity index is 1.67. The second-order valence-electron chi connectivity index (χ2n) is 5.11. The second kappa shape index (κ2) is 5.81. The van der Waals surface area contributed by atoms with Crippen LogP contribution >= 0.6 is 15.9 Å². The van der Waals surface area contributed by atoms with Crippen LogP contribution in [-0.4, -0.2) is 21.0 Å². The number of carbonyl (C=O) groups is 1. The summed E-state index contributed by atoms with van der Waals surface area (Å²) >= 11 is 3.31. The van der Waals surface area contributed by atoms with Gasteiger partial charge < -0.3 is 10.4 Å². The van der Waals surface area contributed by atoms with Crippen LogP contribution in [0.2, 0.25) is 0 Å². The molecule has 5 nitrogen and oxygen atoms in total. The number of rotatable bonds is 5. The smallest absolute Gasteiger partial charge is 0.335 e. The molecule has 108 valence electrons. The molecule has 3 rings (SSSR count). The number of nitrogens with zero attached hydrogens (tertiary/aromatic N) is 2. The van der Waals surface area contributed by atoms with Gasteiger partial charge in [0.2, 0.25) is 0 Å². The predicted molar refractivity (Wildman–Crippen MR) is 82.4 cm³/mol. The summed E-state index contributed by atoms with van der Waals surface area (Å²) in [6.45, 7) is 0.556. The normalized spacial score (nSPS) is 14.0. The number of carboxylic acids is 1. The lowest BCUT2D eigenvalue weighted by Gasteiger charge is -2.08. The molecule has 0 aliphatic heterocycles. The number of aromatic carboxylic acids is 1.